The maximum absolute atomic E-state index is 3.78. The lowest BCUT2D eigenvalue weighted by molar-refractivity contribution is 0.913. The normalized spacial score (nSPS) is 7.57. The average molecular weight is 98.1 g/mol. The fourth-order valence-corrected chi connectivity index (χ4v) is 0.326. The van der Waals surface area contributed by atoms with Crippen molar-refractivity contribution >= 4 is 0 Å². The molecule has 0 bridgehead atoms. The highest BCUT2D eigenvalue weighted by Crippen LogP contribution is 1.73. The molecule has 1 rings (SSSR count). The van der Waals surface area contributed by atoms with Crippen LogP contribution in [0.25, 0.3) is 0 Å². The second-order valence-corrected chi connectivity index (χ2v) is 1.23. The molecule has 0 aliphatic rings. The van der Waals surface area contributed by atoms with Crippen molar-refractivity contribution < 1.29 is 0 Å². The number of rotatable bonds is 0. The van der Waals surface area contributed by atoms with Crippen molar-refractivity contribution in [3.05, 3.63) is 18.7 Å². The molecule has 0 fully saturated rings. The molecule has 2 nitrogen and oxygen atoms in total. The fourth-order valence-electron chi connectivity index (χ4n) is 0.326. The van der Waals surface area contributed by atoms with Gasteiger partial charge in [0.1, 0.15) is 0 Å². The van der Waals surface area contributed by atoms with Gasteiger partial charge in [-0.15, -0.1) is 0 Å². The molecule has 0 aromatic carbocycles. The van der Waals surface area contributed by atoms with Crippen molar-refractivity contribution in [1.82, 2.24) is 9.55 Å². The molecule has 40 valence electrons. The largest absolute Gasteiger partial charge is 0.341 e. The van der Waals surface area contributed by atoms with Crippen LogP contribution in [0.15, 0.2) is 18.7 Å². The van der Waals surface area contributed by atoms with Gasteiger partial charge in [0.25, 0.3) is 0 Å². The molecular formula is C5H10N2. The molecule has 0 aliphatic heterocycles. The van der Waals surface area contributed by atoms with Crippen molar-refractivity contribution in [2.45, 2.75) is 7.43 Å². The van der Waals surface area contributed by atoms with E-state index in [1.807, 2.05) is 17.8 Å². The summed E-state index contributed by atoms with van der Waals surface area (Å²) in [4.78, 5) is 3.78. The molecule has 0 N–H and O–H groups in total. The van der Waals surface area contributed by atoms with E-state index in [1.165, 1.54) is 0 Å². The molecule has 0 atom stereocenters. The van der Waals surface area contributed by atoms with Gasteiger partial charge in [0.15, 0.2) is 0 Å². The quantitative estimate of drug-likeness (QED) is 0.474. The van der Waals surface area contributed by atoms with Crippen LogP contribution < -0.4 is 0 Å². The molecular weight excluding hydrogens is 88.1 g/mol. The van der Waals surface area contributed by atoms with Crippen LogP contribution >= 0.6 is 0 Å². The molecule has 0 saturated heterocycles. The highest BCUT2D eigenvalue weighted by atomic mass is 15.0. The lowest BCUT2D eigenvalue weighted by atomic mass is 10.9. The lowest BCUT2D eigenvalue weighted by Gasteiger charge is -1.76. The molecule has 1 aromatic rings. The third-order valence-electron chi connectivity index (χ3n) is 0.637. The maximum Gasteiger partial charge on any atom is 0.0943 e. The van der Waals surface area contributed by atoms with Gasteiger partial charge in [0, 0.05) is 19.4 Å². The third kappa shape index (κ3) is 1.39. The molecule has 7 heavy (non-hydrogen) atoms. The Balaban J connectivity index is 0.000000360. The Labute approximate surface area is 43.8 Å². The van der Waals surface area contributed by atoms with Gasteiger partial charge in [-0.05, 0) is 0 Å². The smallest absolute Gasteiger partial charge is 0.0943 e. The second kappa shape index (κ2) is 2.39. The minimum atomic E-state index is 0. The van der Waals surface area contributed by atoms with Crippen molar-refractivity contribution in [2.75, 3.05) is 0 Å². The zero-order valence-electron chi connectivity index (χ0n) is 3.63. The number of aromatic nitrogens is 2. The van der Waals surface area contributed by atoms with Gasteiger partial charge in [-0.3, -0.25) is 0 Å². The number of imidazole rings is 1. The van der Waals surface area contributed by atoms with Crippen LogP contribution in [-0.2, 0) is 7.05 Å². The van der Waals surface area contributed by atoms with Gasteiger partial charge in [-0.2, -0.15) is 0 Å². The zero-order chi connectivity index (χ0) is 4.41. The first-order valence-electron chi connectivity index (χ1n) is 1.81. The van der Waals surface area contributed by atoms with E-state index in [1.54, 1.807) is 12.5 Å². The number of hydrogen-bond donors (Lipinski definition) is 0. The first-order chi connectivity index (χ1) is 2.89. The molecule has 0 aliphatic carbocycles. The summed E-state index contributed by atoms with van der Waals surface area (Å²) in [6, 6.07) is 0. The van der Waals surface area contributed by atoms with Crippen LogP contribution in [0.2, 0.25) is 0 Å². The maximum atomic E-state index is 3.78. The third-order valence-corrected chi connectivity index (χ3v) is 0.637. The van der Waals surface area contributed by atoms with E-state index in [4.69, 9.17) is 0 Å². The summed E-state index contributed by atoms with van der Waals surface area (Å²) in [7, 11) is 1.94. The first kappa shape index (κ1) is 6.21. The van der Waals surface area contributed by atoms with E-state index in [9.17, 15) is 0 Å². The molecule has 0 amide bonds. The van der Waals surface area contributed by atoms with Gasteiger partial charge < -0.3 is 4.57 Å². The summed E-state index contributed by atoms with van der Waals surface area (Å²) in [5.74, 6) is 0. The molecule has 1 aromatic heterocycles. The first-order valence-corrected chi connectivity index (χ1v) is 1.81. The van der Waals surface area contributed by atoms with Gasteiger partial charge in [-0.1, -0.05) is 7.43 Å². The van der Waals surface area contributed by atoms with Crippen LogP contribution in [-0.4, -0.2) is 9.55 Å². The van der Waals surface area contributed by atoms with Crippen LogP contribution in [0.3, 0.4) is 0 Å². The monoisotopic (exact) mass is 98.1 g/mol. The minimum absolute atomic E-state index is 0. The highest BCUT2D eigenvalue weighted by Gasteiger charge is 1.69. The van der Waals surface area contributed by atoms with E-state index < -0.39 is 0 Å². The van der Waals surface area contributed by atoms with E-state index in [2.05, 4.69) is 4.98 Å². The standard InChI is InChI=1S/C4H6N2.CH4/c1-6-3-2-5-4-6;/h2-4H,1H3;1H4. The van der Waals surface area contributed by atoms with E-state index in [-0.39, 0.29) is 7.43 Å². The SMILES string of the molecule is C.Cn1ccnc1. The summed E-state index contributed by atoms with van der Waals surface area (Å²) in [6.07, 6.45) is 5.39. The van der Waals surface area contributed by atoms with Gasteiger partial charge in [-0.25, -0.2) is 4.98 Å². The van der Waals surface area contributed by atoms with Crippen LogP contribution in [0.5, 0.6) is 0 Å². The summed E-state index contributed by atoms with van der Waals surface area (Å²) in [5, 5.41) is 0. The number of nitrogens with zero attached hydrogens (tertiary/aromatic N) is 2. The summed E-state index contributed by atoms with van der Waals surface area (Å²) in [5.41, 5.74) is 0. The Morgan fingerprint density at radius 2 is 2.29 bits per heavy atom. The van der Waals surface area contributed by atoms with Crippen molar-refractivity contribution in [1.29, 1.82) is 0 Å². The summed E-state index contributed by atoms with van der Waals surface area (Å²) >= 11 is 0. The Hall–Kier alpha value is -0.790. The van der Waals surface area contributed by atoms with Gasteiger partial charge in [0.05, 0.1) is 6.33 Å². The Bertz CT molecular complexity index is 110. The van der Waals surface area contributed by atoms with E-state index >= 15 is 0 Å². The van der Waals surface area contributed by atoms with Crippen LogP contribution in [0.4, 0.5) is 0 Å². The Morgan fingerprint density at radius 3 is 2.43 bits per heavy atom. The number of hydrogen-bond acceptors (Lipinski definition) is 1. The van der Waals surface area contributed by atoms with Crippen molar-refractivity contribution in [2.24, 2.45) is 7.05 Å². The van der Waals surface area contributed by atoms with Crippen LogP contribution in [0, 0.1) is 0 Å². The average Bonchev–Trinajstić information content (AvgIpc) is 1.86. The zero-order valence-corrected chi connectivity index (χ0v) is 3.63. The van der Waals surface area contributed by atoms with Gasteiger partial charge >= 0.3 is 0 Å². The number of aryl methyl sites for hydroxylation is 1. The Morgan fingerprint density at radius 1 is 1.57 bits per heavy atom. The van der Waals surface area contributed by atoms with Crippen molar-refractivity contribution in [3.63, 3.8) is 0 Å². The van der Waals surface area contributed by atoms with Crippen molar-refractivity contribution in [3.8, 4) is 0 Å². The highest BCUT2D eigenvalue weighted by molar-refractivity contribution is 4.70. The second-order valence-electron chi connectivity index (χ2n) is 1.23. The lowest BCUT2D eigenvalue weighted by Crippen LogP contribution is -1.76. The molecule has 0 unspecified atom stereocenters. The molecule has 2 heteroatoms. The van der Waals surface area contributed by atoms with Gasteiger partial charge in [0.2, 0.25) is 0 Å². The molecule has 1 heterocycles. The molecule has 0 saturated carbocycles. The minimum Gasteiger partial charge on any atom is -0.341 e. The van der Waals surface area contributed by atoms with Crippen LogP contribution in [0.1, 0.15) is 7.43 Å². The summed E-state index contributed by atoms with van der Waals surface area (Å²) in [6.45, 7) is 0. The molecule has 0 radical (unpaired) electrons. The predicted octanol–water partition coefficient (Wildman–Crippen LogP) is 1.06. The Kier molecular flexibility index (Phi) is 2.12. The van der Waals surface area contributed by atoms with E-state index in [0.717, 1.165) is 0 Å². The van der Waals surface area contributed by atoms with E-state index in [0.29, 0.717) is 0 Å². The molecule has 0 spiro atoms. The predicted molar refractivity (Wildman–Crippen MR) is 29.9 cm³/mol. The topological polar surface area (TPSA) is 17.8 Å². The summed E-state index contributed by atoms with van der Waals surface area (Å²) < 4.78 is 1.89. The fraction of sp³-hybridized carbons (Fsp3) is 0.400.